The topological polar surface area (TPSA) is 55.3 Å². The molecule has 0 radical (unpaired) electrons. The zero-order valence-electron chi connectivity index (χ0n) is 11.6. The van der Waals surface area contributed by atoms with E-state index in [1.54, 1.807) is 29.9 Å². The molecule has 1 aliphatic heterocycles. The van der Waals surface area contributed by atoms with E-state index < -0.39 is 0 Å². The zero-order chi connectivity index (χ0) is 14.5. The average Bonchev–Trinajstić information content (AvgIpc) is 3.01. The molecule has 0 aliphatic carbocycles. The standard InChI is InChI=1S/C15H17N3O2S/c19-15(8-12-3-7-21-11-12)18-6-1-2-13(10-18)20-14-9-16-4-5-17-14/h3-5,7,9,11,13H,1-2,6,8,10H2. The van der Waals surface area contributed by atoms with Gasteiger partial charge in [0.25, 0.3) is 0 Å². The van der Waals surface area contributed by atoms with Crippen molar-refractivity contribution in [2.45, 2.75) is 25.4 Å². The highest BCUT2D eigenvalue weighted by Crippen LogP contribution is 2.17. The summed E-state index contributed by atoms with van der Waals surface area (Å²) in [5.41, 5.74) is 1.09. The van der Waals surface area contributed by atoms with Crippen LogP contribution in [0.25, 0.3) is 0 Å². The Morgan fingerprint density at radius 3 is 3.19 bits per heavy atom. The summed E-state index contributed by atoms with van der Waals surface area (Å²) in [6.07, 6.45) is 7.20. The van der Waals surface area contributed by atoms with E-state index >= 15 is 0 Å². The molecule has 3 rings (SSSR count). The Labute approximate surface area is 127 Å². The highest BCUT2D eigenvalue weighted by Gasteiger charge is 2.25. The SMILES string of the molecule is O=C(Cc1ccsc1)N1CCCC(Oc2cnccn2)C1. The van der Waals surface area contributed by atoms with Gasteiger partial charge in [-0.1, -0.05) is 0 Å². The molecule has 0 spiro atoms. The van der Waals surface area contributed by atoms with Crippen molar-refractivity contribution < 1.29 is 9.53 Å². The van der Waals surface area contributed by atoms with Gasteiger partial charge >= 0.3 is 0 Å². The summed E-state index contributed by atoms with van der Waals surface area (Å²) < 4.78 is 5.81. The van der Waals surface area contributed by atoms with Gasteiger partial charge in [0.05, 0.1) is 19.2 Å². The van der Waals surface area contributed by atoms with Crippen LogP contribution in [0.3, 0.4) is 0 Å². The lowest BCUT2D eigenvalue weighted by Crippen LogP contribution is -2.45. The van der Waals surface area contributed by atoms with Gasteiger partial charge in [-0.3, -0.25) is 9.78 Å². The van der Waals surface area contributed by atoms with Crippen LogP contribution in [0.1, 0.15) is 18.4 Å². The van der Waals surface area contributed by atoms with Gasteiger partial charge in [0.15, 0.2) is 0 Å². The normalized spacial score (nSPS) is 18.5. The monoisotopic (exact) mass is 303 g/mol. The fraction of sp³-hybridized carbons (Fsp3) is 0.400. The summed E-state index contributed by atoms with van der Waals surface area (Å²) in [6.45, 7) is 1.43. The van der Waals surface area contributed by atoms with Crippen molar-refractivity contribution in [3.63, 3.8) is 0 Å². The lowest BCUT2D eigenvalue weighted by molar-refractivity contribution is -0.133. The van der Waals surface area contributed by atoms with E-state index in [2.05, 4.69) is 9.97 Å². The number of piperidine rings is 1. The zero-order valence-corrected chi connectivity index (χ0v) is 12.5. The maximum absolute atomic E-state index is 12.3. The molecule has 1 unspecified atom stereocenters. The molecule has 0 aromatic carbocycles. The molecule has 0 bridgehead atoms. The van der Waals surface area contributed by atoms with Gasteiger partial charge in [0.2, 0.25) is 11.8 Å². The fourth-order valence-electron chi connectivity index (χ4n) is 2.46. The molecule has 1 amide bonds. The molecule has 1 saturated heterocycles. The molecular weight excluding hydrogens is 286 g/mol. The first-order valence-electron chi connectivity index (χ1n) is 7.03. The molecule has 1 aliphatic rings. The molecule has 3 heterocycles. The van der Waals surface area contributed by atoms with E-state index in [9.17, 15) is 4.79 Å². The minimum Gasteiger partial charge on any atom is -0.471 e. The number of hydrogen-bond donors (Lipinski definition) is 0. The van der Waals surface area contributed by atoms with Crippen LogP contribution in [0.5, 0.6) is 5.88 Å². The molecule has 2 aromatic heterocycles. The first kappa shape index (κ1) is 14.0. The van der Waals surface area contributed by atoms with E-state index in [4.69, 9.17) is 4.74 Å². The van der Waals surface area contributed by atoms with E-state index in [0.717, 1.165) is 24.9 Å². The van der Waals surface area contributed by atoms with Crippen LogP contribution in [0.2, 0.25) is 0 Å². The number of thiophene rings is 1. The summed E-state index contributed by atoms with van der Waals surface area (Å²) >= 11 is 1.62. The van der Waals surface area contributed by atoms with Gasteiger partial charge in [-0.2, -0.15) is 11.3 Å². The van der Waals surface area contributed by atoms with E-state index in [0.29, 0.717) is 18.8 Å². The van der Waals surface area contributed by atoms with Gasteiger partial charge in [-0.25, -0.2) is 4.98 Å². The second-order valence-corrected chi connectivity index (χ2v) is 5.85. The van der Waals surface area contributed by atoms with E-state index in [-0.39, 0.29) is 12.0 Å². The number of likely N-dealkylation sites (tertiary alicyclic amines) is 1. The lowest BCUT2D eigenvalue weighted by atomic mass is 10.1. The Kier molecular flexibility index (Phi) is 4.45. The predicted octanol–water partition coefficient (Wildman–Crippen LogP) is 2.15. The van der Waals surface area contributed by atoms with Gasteiger partial charge in [0.1, 0.15) is 6.10 Å². The van der Waals surface area contributed by atoms with E-state index in [1.807, 2.05) is 21.7 Å². The third kappa shape index (κ3) is 3.78. The summed E-state index contributed by atoms with van der Waals surface area (Å²) in [5, 5.41) is 4.02. The van der Waals surface area contributed by atoms with Crippen molar-refractivity contribution in [1.82, 2.24) is 14.9 Å². The molecule has 110 valence electrons. The molecule has 2 aromatic rings. The maximum atomic E-state index is 12.3. The van der Waals surface area contributed by atoms with Gasteiger partial charge in [-0.15, -0.1) is 0 Å². The van der Waals surface area contributed by atoms with E-state index in [1.165, 1.54) is 0 Å². The first-order chi connectivity index (χ1) is 10.3. The molecule has 1 atom stereocenters. The van der Waals surface area contributed by atoms with Crippen molar-refractivity contribution in [3.05, 3.63) is 41.0 Å². The Morgan fingerprint density at radius 2 is 2.43 bits per heavy atom. The van der Waals surface area contributed by atoms with Crippen LogP contribution >= 0.6 is 11.3 Å². The summed E-state index contributed by atoms with van der Waals surface area (Å²) in [7, 11) is 0. The Bertz CT molecular complexity index is 574. The number of carbonyl (C=O) groups excluding carboxylic acids is 1. The largest absolute Gasteiger partial charge is 0.471 e. The van der Waals surface area contributed by atoms with Crippen molar-refractivity contribution in [2.24, 2.45) is 0 Å². The second-order valence-electron chi connectivity index (χ2n) is 5.07. The van der Waals surface area contributed by atoms with Crippen molar-refractivity contribution >= 4 is 17.2 Å². The third-order valence-corrected chi connectivity index (χ3v) is 4.23. The first-order valence-corrected chi connectivity index (χ1v) is 7.97. The van der Waals surface area contributed by atoms with Crippen LogP contribution in [-0.4, -0.2) is 40.0 Å². The number of ether oxygens (including phenoxy) is 1. The molecule has 1 fully saturated rings. The van der Waals surface area contributed by atoms with Gasteiger partial charge in [-0.05, 0) is 35.2 Å². The number of aromatic nitrogens is 2. The van der Waals surface area contributed by atoms with Crippen LogP contribution in [0, 0.1) is 0 Å². The summed E-state index contributed by atoms with van der Waals surface area (Å²) in [5.74, 6) is 0.690. The molecule has 21 heavy (non-hydrogen) atoms. The Morgan fingerprint density at radius 1 is 1.48 bits per heavy atom. The molecule has 5 nitrogen and oxygen atoms in total. The molecule has 0 saturated carbocycles. The number of nitrogens with zero attached hydrogens (tertiary/aromatic N) is 3. The number of hydrogen-bond acceptors (Lipinski definition) is 5. The number of amides is 1. The van der Waals surface area contributed by atoms with Crippen molar-refractivity contribution in [3.8, 4) is 5.88 Å². The van der Waals surface area contributed by atoms with Crippen LogP contribution in [-0.2, 0) is 11.2 Å². The third-order valence-electron chi connectivity index (χ3n) is 3.49. The van der Waals surface area contributed by atoms with Gasteiger partial charge < -0.3 is 9.64 Å². The van der Waals surface area contributed by atoms with Crippen LogP contribution in [0.4, 0.5) is 0 Å². The van der Waals surface area contributed by atoms with Crippen LogP contribution in [0.15, 0.2) is 35.4 Å². The quantitative estimate of drug-likeness (QED) is 0.868. The summed E-state index contributed by atoms with van der Waals surface area (Å²) in [6, 6.07) is 2.00. The predicted molar refractivity (Wildman–Crippen MR) is 80.3 cm³/mol. The number of carbonyl (C=O) groups is 1. The summed E-state index contributed by atoms with van der Waals surface area (Å²) in [4.78, 5) is 22.3. The highest BCUT2D eigenvalue weighted by atomic mass is 32.1. The fourth-order valence-corrected chi connectivity index (χ4v) is 3.13. The lowest BCUT2D eigenvalue weighted by Gasteiger charge is -2.32. The minimum atomic E-state index is 0.00174. The average molecular weight is 303 g/mol. The maximum Gasteiger partial charge on any atom is 0.232 e. The highest BCUT2D eigenvalue weighted by molar-refractivity contribution is 7.07. The Hall–Kier alpha value is -1.95. The van der Waals surface area contributed by atoms with Gasteiger partial charge in [0, 0.05) is 18.9 Å². The number of rotatable bonds is 4. The molecule has 6 heteroatoms. The molecular formula is C15H17N3O2S. The second kappa shape index (κ2) is 6.67. The smallest absolute Gasteiger partial charge is 0.232 e. The van der Waals surface area contributed by atoms with Crippen molar-refractivity contribution in [2.75, 3.05) is 13.1 Å². The minimum absolute atomic E-state index is 0.00174. The van der Waals surface area contributed by atoms with Crippen LogP contribution < -0.4 is 4.74 Å². The Balaban J connectivity index is 1.56. The van der Waals surface area contributed by atoms with Crippen molar-refractivity contribution in [1.29, 1.82) is 0 Å². The molecule has 0 N–H and O–H groups in total.